The number of nitrogens with one attached hydrogen (secondary N) is 2. The highest BCUT2D eigenvalue weighted by atomic mass is 16.5. The summed E-state index contributed by atoms with van der Waals surface area (Å²) in [6.45, 7) is 3.35. The molecule has 2 rings (SSSR count). The predicted molar refractivity (Wildman–Crippen MR) is 84.6 cm³/mol. The minimum Gasteiger partial charge on any atom is -0.469 e. The fraction of sp³-hybridized carbons (Fsp3) is 0.812. The minimum absolute atomic E-state index is 0.0323. The Morgan fingerprint density at radius 2 is 2.09 bits per heavy atom. The monoisotopic (exact) mass is 325 g/mol. The molecule has 23 heavy (non-hydrogen) atoms. The third-order valence-electron chi connectivity index (χ3n) is 4.83. The largest absolute Gasteiger partial charge is 0.469 e. The molecule has 1 saturated carbocycles. The third kappa shape index (κ3) is 4.92. The average molecular weight is 325 g/mol. The Kier molecular flexibility index (Phi) is 6.38. The molecule has 7 nitrogen and oxygen atoms in total. The number of ether oxygens (including phenoxy) is 1. The molecule has 0 aromatic heterocycles. The SMILES string of the molecule is COC(=O)C[C@H]1C(=O)NCCN1CC(=O)N[C@H]1CCCC[C@H]1C. The number of hydrogen-bond acceptors (Lipinski definition) is 5. The maximum atomic E-state index is 12.3. The van der Waals surface area contributed by atoms with Crippen LogP contribution < -0.4 is 10.6 Å². The van der Waals surface area contributed by atoms with E-state index < -0.39 is 12.0 Å². The Bertz CT molecular complexity index is 455. The first-order valence-electron chi connectivity index (χ1n) is 8.39. The molecule has 0 spiro atoms. The van der Waals surface area contributed by atoms with Crippen LogP contribution in [0.5, 0.6) is 0 Å². The number of amides is 2. The van der Waals surface area contributed by atoms with Crippen molar-refractivity contribution < 1.29 is 19.1 Å². The first kappa shape index (κ1) is 17.7. The highest BCUT2D eigenvalue weighted by Crippen LogP contribution is 2.23. The molecule has 1 heterocycles. The summed E-state index contributed by atoms with van der Waals surface area (Å²) >= 11 is 0. The lowest BCUT2D eigenvalue weighted by Crippen LogP contribution is -2.58. The van der Waals surface area contributed by atoms with Gasteiger partial charge in [-0.05, 0) is 18.8 Å². The standard InChI is InChI=1S/C16H27N3O4/c1-11-5-3-4-6-12(11)18-14(20)10-19-8-7-17-16(22)13(19)9-15(21)23-2/h11-13H,3-10H2,1-2H3,(H,17,22)(H,18,20)/t11-,12+,13+/m1/s1. The zero-order chi connectivity index (χ0) is 16.8. The number of esters is 1. The van der Waals surface area contributed by atoms with Gasteiger partial charge >= 0.3 is 5.97 Å². The maximum absolute atomic E-state index is 12.3. The van der Waals surface area contributed by atoms with Crippen molar-refractivity contribution in [2.24, 2.45) is 5.92 Å². The molecule has 2 amide bonds. The molecule has 2 N–H and O–H groups in total. The Balaban J connectivity index is 1.91. The molecule has 1 aliphatic heterocycles. The van der Waals surface area contributed by atoms with Crippen LogP contribution in [0.4, 0.5) is 0 Å². The van der Waals surface area contributed by atoms with Crippen LogP contribution >= 0.6 is 0 Å². The summed E-state index contributed by atoms with van der Waals surface area (Å²) < 4.78 is 4.64. The molecule has 0 radical (unpaired) electrons. The molecule has 0 aromatic carbocycles. The van der Waals surface area contributed by atoms with Crippen molar-refractivity contribution >= 4 is 17.8 Å². The zero-order valence-electron chi connectivity index (χ0n) is 14.0. The van der Waals surface area contributed by atoms with E-state index in [9.17, 15) is 14.4 Å². The van der Waals surface area contributed by atoms with Crippen LogP contribution in [0.1, 0.15) is 39.0 Å². The predicted octanol–water partition coefficient (Wildman–Crippen LogP) is 0.0448. The molecular formula is C16H27N3O4. The molecular weight excluding hydrogens is 298 g/mol. The molecule has 7 heteroatoms. The molecule has 0 aromatic rings. The molecule has 130 valence electrons. The van der Waals surface area contributed by atoms with E-state index in [2.05, 4.69) is 22.3 Å². The number of rotatable bonds is 5. The van der Waals surface area contributed by atoms with E-state index in [1.807, 2.05) is 0 Å². The van der Waals surface area contributed by atoms with Gasteiger partial charge in [-0.25, -0.2) is 0 Å². The number of methoxy groups -OCH3 is 1. The fourth-order valence-electron chi connectivity index (χ4n) is 3.38. The first-order valence-corrected chi connectivity index (χ1v) is 8.39. The van der Waals surface area contributed by atoms with Crippen molar-refractivity contribution in [1.82, 2.24) is 15.5 Å². The van der Waals surface area contributed by atoms with E-state index in [1.54, 1.807) is 4.90 Å². The van der Waals surface area contributed by atoms with Crippen LogP contribution in [0, 0.1) is 5.92 Å². The third-order valence-corrected chi connectivity index (χ3v) is 4.83. The van der Waals surface area contributed by atoms with Crippen molar-refractivity contribution in [2.45, 2.75) is 51.1 Å². The summed E-state index contributed by atoms with van der Waals surface area (Å²) in [5.74, 6) is -0.254. The van der Waals surface area contributed by atoms with E-state index in [0.29, 0.717) is 19.0 Å². The summed E-state index contributed by atoms with van der Waals surface area (Å²) in [4.78, 5) is 37.6. The van der Waals surface area contributed by atoms with Crippen molar-refractivity contribution in [3.63, 3.8) is 0 Å². The number of nitrogens with zero attached hydrogens (tertiary/aromatic N) is 1. The topological polar surface area (TPSA) is 87.7 Å². The van der Waals surface area contributed by atoms with Crippen molar-refractivity contribution in [2.75, 3.05) is 26.7 Å². The zero-order valence-corrected chi connectivity index (χ0v) is 14.0. The maximum Gasteiger partial charge on any atom is 0.307 e. The molecule has 1 saturated heterocycles. The highest BCUT2D eigenvalue weighted by molar-refractivity contribution is 5.88. The second kappa shape index (κ2) is 8.29. The lowest BCUT2D eigenvalue weighted by Gasteiger charge is -2.35. The number of carbonyl (C=O) groups excluding carboxylic acids is 3. The normalized spacial score (nSPS) is 28.8. The van der Waals surface area contributed by atoms with E-state index in [4.69, 9.17) is 0 Å². The van der Waals surface area contributed by atoms with Gasteiger partial charge in [-0.2, -0.15) is 0 Å². The molecule has 3 atom stereocenters. The molecule has 0 unspecified atom stereocenters. The van der Waals surface area contributed by atoms with Crippen LogP contribution in [0.25, 0.3) is 0 Å². The van der Waals surface area contributed by atoms with Gasteiger partial charge in [-0.15, -0.1) is 0 Å². The van der Waals surface area contributed by atoms with E-state index >= 15 is 0 Å². The van der Waals surface area contributed by atoms with Crippen molar-refractivity contribution in [3.05, 3.63) is 0 Å². The number of hydrogen-bond donors (Lipinski definition) is 2. The number of piperazine rings is 1. The van der Waals surface area contributed by atoms with Crippen LogP contribution in [0.2, 0.25) is 0 Å². The van der Waals surface area contributed by atoms with Gasteiger partial charge in [-0.3, -0.25) is 19.3 Å². The van der Waals surface area contributed by atoms with E-state index in [1.165, 1.54) is 13.5 Å². The smallest absolute Gasteiger partial charge is 0.307 e. The summed E-state index contributed by atoms with van der Waals surface area (Å²) in [6.07, 6.45) is 4.49. The number of carbonyl (C=O) groups is 3. The molecule has 1 aliphatic carbocycles. The van der Waals surface area contributed by atoms with Gasteiger partial charge in [0.05, 0.1) is 20.1 Å². The van der Waals surface area contributed by atoms with Gasteiger partial charge in [0.1, 0.15) is 6.04 Å². The summed E-state index contributed by atoms with van der Waals surface area (Å²) in [6, 6.07) is -0.417. The second-order valence-corrected chi connectivity index (χ2v) is 6.49. The van der Waals surface area contributed by atoms with Crippen LogP contribution in [-0.4, -0.2) is 61.5 Å². The van der Waals surface area contributed by atoms with Gasteiger partial charge in [-0.1, -0.05) is 19.8 Å². The van der Waals surface area contributed by atoms with Gasteiger partial charge in [0, 0.05) is 19.1 Å². The van der Waals surface area contributed by atoms with Gasteiger partial charge in [0.15, 0.2) is 0 Å². The fourth-order valence-corrected chi connectivity index (χ4v) is 3.38. The quantitative estimate of drug-likeness (QED) is 0.697. The molecule has 2 aliphatic rings. The Morgan fingerprint density at radius 1 is 1.35 bits per heavy atom. The summed E-state index contributed by atoms with van der Waals surface area (Å²) in [7, 11) is 1.30. The summed E-state index contributed by atoms with van der Waals surface area (Å²) in [5, 5.41) is 5.82. The van der Waals surface area contributed by atoms with E-state index in [0.717, 1.165) is 19.3 Å². The molecule has 0 bridgehead atoms. The van der Waals surface area contributed by atoms with Crippen molar-refractivity contribution in [3.8, 4) is 0 Å². The van der Waals surface area contributed by atoms with Crippen LogP contribution in [-0.2, 0) is 19.1 Å². The van der Waals surface area contributed by atoms with Gasteiger partial charge < -0.3 is 15.4 Å². The Hall–Kier alpha value is -1.63. The van der Waals surface area contributed by atoms with Crippen molar-refractivity contribution in [1.29, 1.82) is 0 Å². The molecule has 2 fully saturated rings. The highest BCUT2D eigenvalue weighted by Gasteiger charge is 2.33. The van der Waals surface area contributed by atoms with Gasteiger partial charge in [0.2, 0.25) is 11.8 Å². The summed E-state index contributed by atoms with van der Waals surface area (Å²) in [5.41, 5.74) is 0. The van der Waals surface area contributed by atoms with E-state index in [-0.39, 0.29) is 30.8 Å². The second-order valence-electron chi connectivity index (χ2n) is 6.49. The Labute approximate surface area is 137 Å². The average Bonchev–Trinajstić information content (AvgIpc) is 2.52. The lowest BCUT2D eigenvalue weighted by molar-refractivity contribution is -0.146. The minimum atomic E-state index is -0.634. The van der Waals surface area contributed by atoms with Crippen LogP contribution in [0.15, 0.2) is 0 Å². The van der Waals surface area contributed by atoms with Crippen LogP contribution in [0.3, 0.4) is 0 Å². The first-order chi connectivity index (χ1) is 11.0. The lowest BCUT2D eigenvalue weighted by atomic mass is 9.86. The van der Waals surface area contributed by atoms with Gasteiger partial charge in [0.25, 0.3) is 0 Å². The Morgan fingerprint density at radius 3 is 2.78 bits per heavy atom.